The fraction of sp³-hybridized carbons (Fsp3) is 0.143. The van der Waals surface area contributed by atoms with Crippen LogP contribution in [0.5, 0.6) is 0 Å². The lowest BCUT2D eigenvalue weighted by Gasteiger charge is -2.42. The van der Waals surface area contributed by atoms with E-state index in [0.717, 1.165) is 0 Å². The van der Waals surface area contributed by atoms with E-state index in [0.29, 0.717) is 0 Å². The molecule has 0 saturated carbocycles. The van der Waals surface area contributed by atoms with Gasteiger partial charge in [0.25, 0.3) is 0 Å². The normalized spacial score (nSPS) is 14.2. The Hall–Kier alpha value is -3.88. The Morgan fingerprint density at radius 1 is 0.514 bits per heavy atom. The van der Waals surface area contributed by atoms with Crippen molar-refractivity contribution in [3.05, 3.63) is 108 Å². The van der Waals surface area contributed by atoms with Crippen molar-refractivity contribution in [2.75, 3.05) is 11.9 Å². The fourth-order valence-corrected chi connectivity index (χ4v) is 10.1. The second-order valence-corrected chi connectivity index (χ2v) is 15.5. The number of rotatable bonds is 0. The minimum atomic E-state index is -1.95. The van der Waals surface area contributed by atoms with Crippen LogP contribution < -0.4 is 15.3 Å². The highest BCUT2D eigenvalue weighted by atomic mass is 28.3. The van der Waals surface area contributed by atoms with Crippen LogP contribution in [-0.4, -0.2) is 15.1 Å². The number of benzene rings is 5. The minimum Gasteiger partial charge on any atom is -0.344 e. The van der Waals surface area contributed by atoms with Crippen LogP contribution in [-0.2, 0) is 0 Å². The summed E-state index contributed by atoms with van der Waals surface area (Å²) in [6.07, 6.45) is 0. The van der Waals surface area contributed by atoms with Gasteiger partial charge in [0, 0.05) is 24.0 Å². The first-order valence-electron chi connectivity index (χ1n) is 13.2. The van der Waals surface area contributed by atoms with Crippen molar-refractivity contribution >= 4 is 29.8 Å². The van der Waals surface area contributed by atoms with Gasteiger partial charge in [-0.3, -0.25) is 0 Å². The number of nitrogens with zero attached hydrogens (tertiary/aromatic N) is 1. The van der Waals surface area contributed by atoms with Crippen molar-refractivity contribution in [1.82, 2.24) is 0 Å². The third-order valence-electron chi connectivity index (χ3n) is 8.56. The van der Waals surface area contributed by atoms with Gasteiger partial charge in [-0.2, -0.15) is 0 Å². The first-order valence-corrected chi connectivity index (χ1v) is 16.2. The fourth-order valence-electron chi connectivity index (χ4n) is 6.92. The van der Waals surface area contributed by atoms with Gasteiger partial charge in [0.1, 0.15) is 8.07 Å². The summed E-state index contributed by atoms with van der Waals surface area (Å²) in [6.45, 7) is 9.57. The van der Waals surface area contributed by atoms with E-state index in [1.807, 2.05) is 0 Å². The van der Waals surface area contributed by atoms with Crippen LogP contribution in [0.1, 0.15) is 11.1 Å². The second kappa shape index (κ2) is 7.81. The lowest BCUT2D eigenvalue weighted by atomic mass is 9.80. The average molecular weight is 494 g/mol. The molecule has 0 amide bonds. The molecule has 0 unspecified atom stereocenters. The van der Waals surface area contributed by atoms with E-state index in [1.54, 1.807) is 5.19 Å². The summed E-state index contributed by atoms with van der Waals surface area (Å²) in [6, 6.07) is 36.5. The molecule has 0 bridgehead atoms. The molecule has 2 aliphatic rings. The Bertz CT molecular complexity index is 1740. The zero-order valence-corrected chi connectivity index (χ0v) is 23.2. The van der Waals surface area contributed by atoms with E-state index >= 15 is 0 Å². The molecule has 0 N–H and O–H groups in total. The molecule has 180 valence electrons. The van der Waals surface area contributed by atoms with Crippen molar-refractivity contribution in [3.63, 3.8) is 0 Å². The molecule has 0 fully saturated rings. The van der Waals surface area contributed by atoms with Gasteiger partial charge in [-0.1, -0.05) is 116 Å². The van der Waals surface area contributed by atoms with Crippen LogP contribution >= 0.6 is 0 Å². The van der Waals surface area contributed by atoms with Crippen LogP contribution in [0.25, 0.3) is 44.5 Å². The van der Waals surface area contributed by atoms with E-state index in [-0.39, 0.29) is 0 Å². The Balaban J connectivity index is 1.66. The third-order valence-corrected chi connectivity index (χ3v) is 12.0. The van der Waals surface area contributed by atoms with Gasteiger partial charge in [-0.25, -0.2) is 0 Å². The minimum absolute atomic E-state index is 1.30. The molecule has 0 spiro atoms. The van der Waals surface area contributed by atoms with E-state index in [4.69, 9.17) is 0 Å². The summed E-state index contributed by atoms with van der Waals surface area (Å²) < 4.78 is 0. The van der Waals surface area contributed by atoms with Crippen LogP contribution in [0, 0.1) is 13.8 Å². The summed E-state index contributed by atoms with van der Waals surface area (Å²) in [7, 11) is 0.332. The smallest absolute Gasteiger partial charge is 0.117 e. The predicted octanol–water partition coefficient (Wildman–Crippen LogP) is 8.19. The number of aryl methyl sites for hydroxylation is 2. The second-order valence-electron chi connectivity index (χ2n) is 11.2. The highest BCUT2D eigenvalue weighted by molar-refractivity contribution is 7.02. The summed E-state index contributed by atoms with van der Waals surface area (Å²) in [5, 5.41) is 3.07. The van der Waals surface area contributed by atoms with E-state index in [9.17, 15) is 0 Å². The largest absolute Gasteiger partial charge is 0.344 e. The van der Waals surface area contributed by atoms with Crippen molar-refractivity contribution < 1.29 is 0 Å². The van der Waals surface area contributed by atoms with Crippen LogP contribution in [0.3, 0.4) is 0 Å². The first kappa shape index (κ1) is 22.3. The standard InChI is InChI=1S/C35H31NSi/c1-22-20-23(2)34-32(21-22)37(4,5)31-19-18-30-28-16-9-8-14-26(28)24-12-6-7-13-25(24)27-15-10-11-17-29(27)33(30)35(31)36(34)3/h6-21H,1-5H3. The molecule has 5 aromatic rings. The van der Waals surface area contributed by atoms with Crippen LogP contribution in [0.2, 0.25) is 13.1 Å². The third kappa shape index (κ3) is 3.03. The van der Waals surface area contributed by atoms with Crippen LogP contribution in [0.4, 0.5) is 11.4 Å². The number of anilines is 2. The van der Waals surface area contributed by atoms with E-state index in [2.05, 4.69) is 136 Å². The van der Waals surface area contributed by atoms with Gasteiger partial charge < -0.3 is 4.90 Å². The van der Waals surface area contributed by atoms with Gasteiger partial charge in [0.05, 0.1) is 0 Å². The summed E-state index contributed by atoms with van der Waals surface area (Å²) >= 11 is 0. The van der Waals surface area contributed by atoms with Gasteiger partial charge >= 0.3 is 0 Å². The molecule has 1 heterocycles. The molecule has 2 heteroatoms. The summed E-state index contributed by atoms with van der Waals surface area (Å²) in [4.78, 5) is 2.50. The van der Waals surface area contributed by atoms with Crippen molar-refractivity contribution in [1.29, 1.82) is 0 Å². The van der Waals surface area contributed by atoms with E-state index < -0.39 is 8.07 Å². The molecular weight excluding hydrogens is 462 g/mol. The van der Waals surface area contributed by atoms with Gasteiger partial charge in [-0.05, 0) is 68.7 Å². The van der Waals surface area contributed by atoms with E-state index in [1.165, 1.54) is 72.2 Å². The molecule has 5 aromatic carbocycles. The molecule has 7 rings (SSSR count). The molecule has 0 saturated heterocycles. The SMILES string of the molecule is Cc1cc(C)c2c(c1)[Si](C)(C)c1ccc3c(c1N2C)-c1ccccc1-c1ccccc1-c1ccccc1-3. The number of fused-ring (bicyclic) bond motifs is 11. The molecule has 1 aliphatic carbocycles. The predicted molar refractivity (Wildman–Crippen MR) is 162 cm³/mol. The average Bonchev–Trinajstić information content (AvgIpc) is 2.90. The molecule has 0 radical (unpaired) electrons. The molecule has 0 atom stereocenters. The maximum atomic E-state index is 2.53. The van der Waals surface area contributed by atoms with Gasteiger partial charge in [-0.15, -0.1) is 0 Å². The molecule has 1 aliphatic heterocycles. The molecular formula is C35H31NSi. The molecule has 1 nitrogen and oxygen atoms in total. The highest BCUT2D eigenvalue weighted by Crippen LogP contribution is 2.51. The van der Waals surface area contributed by atoms with Gasteiger partial charge in [0.2, 0.25) is 0 Å². The summed E-state index contributed by atoms with van der Waals surface area (Å²) in [5.74, 6) is 0. The van der Waals surface area contributed by atoms with Crippen molar-refractivity contribution in [2.24, 2.45) is 0 Å². The molecule has 0 aromatic heterocycles. The Labute approximate surface area is 221 Å². The zero-order chi connectivity index (χ0) is 25.5. The number of hydrogen-bond donors (Lipinski definition) is 0. The lowest BCUT2D eigenvalue weighted by molar-refractivity contribution is 1.18. The van der Waals surface area contributed by atoms with Gasteiger partial charge in [0.15, 0.2) is 0 Å². The maximum Gasteiger partial charge on any atom is 0.117 e. The highest BCUT2D eigenvalue weighted by Gasteiger charge is 2.40. The van der Waals surface area contributed by atoms with Crippen LogP contribution in [0.15, 0.2) is 97.1 Å². The molecule has 37 heavy (non-hydrogen) atoms. The topological polar surface area (TPSA) is 3.24 Å². The summed E-state index contributed by atoms with van der Waals surface area (Å²) in [5.41, 5.74) is 16.0. The zero-order valence-electron chi connectivity index (χ0n) is 22.2. The number of hydrogen-bond acceptors (Lipinski definition) is 1. The van der Waals surface area contributed by atoms with Crippen molar-refractivity contribution in [3.8, 4) is 44.5 Å². The first-order chi connectivity index (χ1) is 17.9. The van der Waals surface area contributed by atoms with Crippen molar-refractivity contribution in [2.45, 2.75) is 26.9 Å². The Kier molecular flexibility index (Phi) is 4.71. The quantitative estimate of drug-likeness (QED) is 0.193. The monoisotopic (exact) mass is 493 g/mol. The Morgan fingerprint density at radius 3 is 1.57 bits per heavy atom. The lowest BCUT2D eigenvalue weighted by Crippen LogP contribution is -2.59. The maximum absolute atomic E-state index is 2.53. The Morgan fingerprint density at radius 2 is 1.00 bits per heavy atom.